The summed E-state index contributed by atoms with van der Waals surface area (Å²) < 4.78 is 15.5. The van der Waals surface area contributed by atoms with Crippen LogP contribution in [0.1, 0.15) is 31.6 Å². The van der Waals surface area contributed by atoms with Crippen molar-refractivity contribution in [2.75, 3.05) is 5.88 Å². The number of hydrogen-bond acceptors (Lipinski definition) is 1. The van der Waals surface area contributed by atoms with E-state index in [9.17, 15) is 4.39 Å². The molecule has 0 amide bonds. The Morgan fingerprint density at radius 1 is 1.50 bits per heavy atom. The fourth-order valence-electron chi connectivity index (χ4n) is 2.74. The number of imidazole rings is 1. The van der Waals surface area contributed by atoms with E-state index in [0.717, 1.165) is 29.2 Å². The summed E-state index contributed by atoms with van der Waals surface area (Å²) in [5.41, 5.74) is 1.79. The van der Waals surface area contributed by atoms with Crippen molar-refractivity contribution in [3.63, 3.8) is 0 Å². The lowest BCUT2D eigenvalue weighted by molar-refractivity contribution is 0.625. The Morgan fingerprint density at radius 2 is 2.33 bits per heavy atom. The van der Waals surface area contributed by atoms with E-state index in [1.54, 1.807) is 0 Å². The zero-order chi connectivity index (χ0) is 12.7. The molecule has 0 spiro atoms. The highest BCUT2D eigenvalue weighted by Crippen LogP contribution is 2.47. The van der Waals surface area contributed by atoms with E-state index in [1.807, 2.05) is 6.07 Å². The van der Waals surface area contributed by atoms with E-state index < -0.39 is 0 Å². The highest BCUT2D eigenvalue weighted by molar-refractivity contribution is 6.17. The summed E-state index contributed by atoms with van der Waals surface area (Å²) in [6, 6.07) is 5.38. The van der Waals surface area contributed by atoms with Crippen LogP contribution in [0.25, 0.3) is 11.0 Å². The van der Waals surface area contributed by atoms with Gasteiger partial charge in [-0.05, 0) is 24.5 Å². The molecule has 2 aromatic rings. The van der Waals surface area contributed by atoms with E-state index in [1.165, 1.54) is 25.0 Å². The molecule has 1 aliphatic carbocycles. The fourth-order valence-corrected chi connectivity index (χ4v) is 2.91. The van der Waals surface area contributed by atoms with Crippen LogP contribution in [0.4, 0.5) is 4.39 Å². The van der Waals surface area contributed by atoms with Gasteiger partial charge >= 0.3 is 0 Å². The Kier molecular flexibility index (Phi) is 3.02. The lowest BCUT2D eigenvalue weighted by Crippen LogP contribution is -2.03. The normalized spacial score (nSPS) is 22.6. The summed E-state index contributed by atoms with van der Waals surface area (Å²) in [5, 5.41) is 0. The van der Waals surface area contributed by atoms with Gasteiger partial charge in [0, 0.05) is 24.4 Å². The van der Waals surface area contributed by atoms with Gasteiger partial charge in [0.25, 0.3) is 0 Å². The van der Waals surface area contributed by atoms with Gasteiger partial charge in [-0.3, -0.25) is 0 Å². The van der Waals surface area contributed by atoms with Crippen molar-refractivity contribution in [3.8, 4) is 0 Å². The molecule has 1 fully saturated rings. The van der Waals surface area contributed by atoms with Gasteiger partial charge in [0.05, 0.1) is 11.0 Å². The largest absolute Gasteiger partial charge is 0.325 e. The number of rotatable bonds is 4. The lowest BCUT2D eigenvalue weighted by atomic mass is 10.3. The fraction of sp³-hybridized carbons (Fsp3) is 0.500. The van der Waals surface area contributed by atoms with E-state index in [2.05, 4.69) is 16.5 Å². The van der Waals surface area contributed by atoms with Crippen LogP contribution >= 0.6 is 11.6 Å². The van der Waals surface area contributed by atoms with Gasteiger partial charge in [0.2, 0.25) is 0 Å². The molecule has 2 atom stereocenters. The maximum atomic E-state index is 13.2. The minimum Gasteiger partial charge on any atom is -0.325 e. The van der Waals surface area contributed by atoms with Gasteiger partial charge in [0.15, 0.2) is 0 Å². The summed E-state index contributed by atoms with van der Waals surface area (Å²) in [7, 11) is 0. The second-order valence-corrected chi connectivity index (χ2v) is 5.32. The molecule has 4 heteroatoms. The summed E-state index contributed by atoms with van der Waals surface area (Å²) in [6.07, 6.45) is 3.13. The average Bonchev–Trinajstić information content (AvgIpc) is 3.04. The maximum absolute atomic E-state index is 13.2. The third-order valence-corrected chi connectivity index (χ3v) is 3.97. The molecule has 2 unspecified atom stereocenters. The number of alkyl halides is 1. The van der Waals surface area contributed by atoms with Gasteiger partial charge in [-0.25, -0.2) is 9.37 Å². The highest BCUT2D eigenvalue weighted by atomic mass is 35.5. The van der Waals surface area contributed by atoms with E-state index in [0.29, 0.717) is 11.9 Å². The molecular weight excluding hydrogens is 251 g/mol. The summed E-state index contributed by atoms with van der Waals surface area (Å²) in [4.78, 5) is 4.53. The zero-order valence-electron chi connectivity index (χ0n) is 10.4. The van der Waals surface area contributed by atoms with Crippen LogP contribution in [-0.2, 0) is 6.42 Å². The second-order valence-electron chi connectivity index (χ2n) is 4.94. The molecule has 18 heavy (non-hydrogen) atoms. The Labute approximate surface area is 111 Å². The number of hydrogen-bond donors (Lipinski definition) is 0. The highest BCUT2D eigenvalue weighted by Gasteiger charge is 2.39. The zero-order valence-corrected chi connectivity index (χ0v) is 11.1. The minimum atomic E-state index is -0.229. The molecule has 1 saturated carbocycles. The van der Waals surface area contributed by atoms with Crippen LogP contribution in [0.5, 0.6) is 0 Å². The number of aromatic nitrogens is 2. The number of fused-ring (bicyclic) bond motifs is 1. The van der Waals surface area contributed by atoms with Gasteiger partial charge in [-0.2, -0.15) is 0 Å². The van der Waals surface area contributed by atoms with Crippen LogP contribution in [0.3, 0.4) is 0 Å². The first-order valence-corrected chi connectivity index (χ1v) is 7.00. The van der Waals surface area contributed by atoms with Gasteiger partial charge in [-0.15, -0.1) is 11.6 Å². The SMILES string of the molecule is CCC1CC1n1c(CCCl)nc2cc(F)ccc21. The van der Waals surface area contributed by atoms with Crippen LogP contribution in [-0.4, -0.2) is 15.4 Å². The topological polar surface area (TPSA) is 17.8 Å². The van der Waals surface area contributed by atoms with Crippen LogP contribution < -0.4 is 0 Å². The van der Waals surface area contributed by atoms with Crippen LogP contribution in [0.15, 0.2) is 18.2 Å². The number of aryl methyl sites for hydroxylation is 1. The molecule has 0 N–H and O–H groups in total. The first kappa shape index (κ1) is 12.0. The van der Waals surface area contributed by atoms with E-state index in [-0.39, 0.29) is 5.82 Å². The molecular formula is C14H16ClFN2. The smallest absolute Gasteiger partial charge is 0.125 e. The number of nitrogens with zero attached hydrogens (tertiary/aromatic N) is 2. The predicted molar refractivity (Wildman–Crippen MR) is 71.6 cm³/mol. The molecule has 1 aromatic carbocycles. The Morgan fingerprint density at radius 3 is 3.00 bits per heavy atom. The molecule has 1 heterocycles. The Hall–Kier alpha value is -1.09. The van der Waals surface area contributed by atoms with Crippen molar-refractivity contribution in [1.82, 2.24) is 9.55 Å². The molecule has 1 aromatic heterocycles. The van der Waals surface area contributed by atoms with Crippen molar-refractivity contribution in [2.45, 2.75) is 32.2 Å². The molecule has 0 bridgehead atoms. The summed E-state index contributed by atoms with van der Waals surface area (Å²) >= 11 is 5.83. The molecule has 3 rings (SSSR count). The number of halogens is 2. The van der Waals surface area contributed by atoms with Gasteiger partial charge < -0.3 is 4.57 Å². The standard InChI is InChI=1S/C14H16ClFN2/c1-2-9-7-13(9)18-12-4-3-10(16)8-11(12)17-14(18)5-6-15/h3-4,8-9,13H,2,5-7H2,1H3. The quantitative estimate of drug-likeness (QED) is 0.767. The monoisotopic (exact) mass is 266 g/mol. The van der Waals surface area contributed by atoms with Crippen LogP contribution in [0, 0.1) is 11.7 Å². The predicted octanol–water partition coefficient (Wildman–Crippen LogP) is 3.93. The van der Waals surface area contributed by atoms with E-state index >= 15 is 0 Å². The van der Waals surface area contributed by atoms with Crippen molar-refractivity contribution in [3.05, 3.63) is 29.8 Å². The third-order valence-electron chi connectivity index (χ3n) is 3.78. The second kappa shape index (κ2) is 4.54. The number of benzene rings is 1. The van der Waals surface area contributed by atoms with Gasteiger partial charge in [-0.1, -0.05) is 13.3 Å². The first-order chi connectivity index (χ1) is 8.74. The molecule has 2 nitrogen and oxygen atoms in total. The third kappa shape index (κ3) is 1.91. The van der Waals surface area contributed by atoms with E-state index in [4.69, 9.17) is 11.6 Å². The first-order valence-electron chi connectivity index (χ1n) is 6.47. The molecule has 1 aliphatic rings. The minimum absolute atomic E-state index is 0.229. The van der Waals surface area contributed by atoms with Crippen LogP contribution in [0.2, 0.25) is 0 Å². The molecule has 96 valence electrons. The van der Waals surface area contributed by atoms with Gasteiger partial charge in [0.1, 0.15) is 11.6 Å². The maximum Gasteiger partial charge on any atom is 0.125 e. The van der Waals surface area contributed by atoms with Crippen molar-refractivity contribution in [1.29, 1.82) is 0 Å². The molecule has 0 saturated heterocycles. The average molecular weight is 267 g/mol. The van der Waals surface area contributed by atoms with Crippen molar-refractivity contribution < 1.29 is 4.39 Å². The van der Waals surface area contributed by atoms with Crippen molar-refractivity contribution in [2.24, 2.45) is 5.92 Å². The Bertz CT molecular complexity index is 578. The van der Waals surface area contributed by atoms with Crippen molar-refractivity contribution >= 4 is 22.6 Å². The molecule has 0 radical (unpaired) electrons. The summed E-state index contributed by atoms with van der Waals surface area (Å²) in [5.74, 6) is 2.05. The Balaban J connectivity index is 2.10. The summed E-state index contributed by atoms with van der Waals surface area (Å²) in [6.45, 7) is 2.21. The lowest BCUT2D eigenvalue weighted by Gasteiger charge is -2.07. The molecule has 0 aliphatic heterocycles.